The average Bonchev–Trinajstić information content (AvgIpc) is 0.918. The van der Waals surface area contributed by atoms with Crippen LogP contribution in [-0.2, 0) is 4.70 Å². The van der Waals surface area contributed by atoms with Crippen molar-refractivity contribution in [1.82, 2.24) is 0 Å². The van der Waals surface area contributed by atoms with Crippen molar-refractivity contribution >= 4 is 34.7 Å². The molecule has 0 heterocycles. The van der Waals surface area contributed by atoms with Gasteiger partial charge in [-0.2, -0.15) is 0 Å². The van der Waals surface area contributed by atoms with Crippen LogP contribution in [0.2, 0.25) is 0 Å². The molecule has 0 aliphatic heterocycles. The first-order valence-corrected chi connectivity index (χ1v) is 0.494. The first-order valence-electron chi connectivity index (χ1n) is 0.494. The summed E-state index contributed by atoms with van der Waals surface area (Å²) in [6.07, 6.45) is 0. The van der Waals surface area contributed by atoms with E-state index in [1.165, 1.54) is 0 Å². The molecule has 0 aliphatic rings. The number of rotatable bonds is 0. The van der Waals surface area contributed by atoms with Gasteiger partial charge in [-0.1, -0.05) is 0 Å². The average molecular weight is 248 g/mol. The van der Waals surface area contributed by atoms with E-state index in [-0.39, 0.29) is 34.7 Å². The van der Waals surface area contributed by atoms with E-state index in [4.69, 9.17) is 9.73 Å². The van der Waals surface area contributed by atoms with E-state index in [1.54, 1.807) is 0 Å². The summed E-state index contributed by atoms with van der Waals surface area (Å²) in [6.45, 7) is 0. The number of hydrogen-bond donors (Lipinski definition) is 1. The van der Waals surface area contributed by atoms with E-state index < -0.39 is 0 Å². The van der Waals surface area contributed by atoms with Crippen molar-refractivity contribution in [3.8, 4) is 0 Å². The molecule has 0 aromatic heterocycles. The van der Waals surface area contributed by atoms with Crippen LogP contribution in [0.25, 0.3) is 0 Å². The Hall–Kier alpha value is 0.587. The molecule has 0 saturated heterocycles. The molecule has 1 radical (unpaired) electrons. The maximum atomic E-state index is 8.36. The molecule has 0 bridgehead atoms. The summed E-state index contributed by atoms with van der Waals surface area (Å²) in [7, 11) is -0.250. The van der Waals surface area contributed by atoms with Gasteiger partial charge in [0.05, 0.1) is 0 Å². The third-order valence-corrected chi connectivity index (χ3v) is 0. The van der Waals surface area contributed by atoms with Crippen LogP contribution in [0.15, 0.2) is 0 Å². The molecule has 0 spiro atoms. The molecule has 19 valence electrons. The molecule has 0 fully saturated rings. The van der Waals surface area contributed by atoms with Gasteiger partial charge < -0.3 is 0 Å². The van der Waals surface area contributed by atoms with E-state index in [0.29, 0.717) is 0 Å². The molecule has 1 N–H and O–H groups in total. The molecule has 0 aromatic rings. The zero-order valence-electron chi connectivity index (χ0n) is 2.01. The van der Waals surface area contributed by atoms with Crippen LogP contribution >= 0.6 is 0 Å². The van der Waals surface area contributed by atoms with Crippen molar-refractivity contribution in [2.75, 3.05) is 0 Å². The summed E-state index contributed by atoms with van der Waals surface area (Å²) in [5.74, 6) is 0. The zero-order chi connectivity index (χ0) is 2.71. The standard InChI is InChI=1S/BHO2.Tl/c2-1-3;/h2H;. The van der Waals surface area contributed by atoms with E-state index in [0.717, 1.165) is 0 Å². The molecule has 4 heavy (non-hydrogen) atoms. The summed E-state index contributed by atoms with van der Waals surface area (Å²) in [5.41, 5.74) is 0. The van der Waals surface area contributed by atoms with Crippen molar-refractivity contribution in [3.05, 3.63) is 0 Å². The topological polar surface area (TPSA) is 37.3 Å². The van der Waals surface area contributed by atoms with Crippen molar-refractivity contribution in [2.24, 2.45) is 0 Å². The van der Waals surface area contributed by atoms with Crippen molar-refractivity contribution in [1.29, 1.82) is 0 Å². The Morgan fingerprint density at radius 2 is 1.75 bits per heavy atom. The van der Waals surface area contributed by atoms with Crippen molar-refractivity contribution < 1.29 is 9.73 Å². The molecule has 0 rings (SSSR count). The summed E-state index contributed by atoms with van der Waals surface area (Å²) in [4.78, 5) is 0. The first-order chi connectivity index (χ1) is 1.41. The fourth-order valence-corrected chi connectivity index (χ4v) is 0. The summed E-state index contributed by atoms with van der Waals surface area (Å²) in [6, 6.07) is 0. The molecule has 2 nitrogen and oxygen atoms in total. The molecule has 0 amide bonds. The van der Waals surface area contributed by atoms with Gasteiger partial charge in [0.2, 0.25) is 0 Å². The number of hydrogen-bond acceptors (Lipinski definition) is 1. The SMILES string of the molecule is O=BO.[Tl]. The minimum absolute atomic E-state index is 0. The van der Waals surface area contributed by atoms with Gasteiger partial charge in [-0.05, 0) is 0 Å². The monoisotopic (exact) mass is 249 g/mol. The largest absolute Gasteiger partial charge is 0 e. The van der Waals surface area contributed by atoms with Gasteiger partial charge in [-0.3, -0.25) is 0 Å². The molecule has 0 aromatic carbocycles. The third kappa shape index (κ3) is 18.9. The van der Waals surface area contributed by atoms with Gasteiger partial charge >= 0.3 is 17.1 Å². The molecule has 0 aliphatic carbocycles. The first kappa shape index (κ1) is 8.82. The normalized spacial score (nSPS) is 2.00. The van der Waals surface area contributed by atoms with Gasteiger partial charge in [-0.25, -0.2) is 0 Å². The quantitative estimate of drug-likeness (QED) is 0.533. The Kier molecular flexibility index (Phi) is 21.0. The Labute approximate surface area is 44.7 Å². The fourth-order valence-electron chi connectivity index (χ4n) is 0. The van der Waals surface area contributed by atoms with Crippen LogP contribution in [0, 0.1) is 0 Å². The maximum absolute atomic E-state index is 8.36. The third-order valence-electron chi connectivity index (χ3n) is 0. The van der Waals surface area contributed by atoms with E-state index in [2.05, 4.69) is 0 Å². The molecule has 0 saturated carbocycles. The zero-order valence-corrected chi connectivity index (χ0v) is 6.50. The molecule has 0 unspecified atom stereocenters. The van der Waals surface area contributed by atoms with Gasteiger partial charge in [0.25, 0.3) is 0 Å². The van der Waals surface area contributed by atoms with Gasteiger partial charge in [-0.15, -0.1) is 0 Å². The van der Waals surface area contributed by atoms with Crippen molar-refractivity contribution in [3.63, 3.8) is 0 Å². The molecule has 0 atom stereocenters. The minimum Gasteiger partial charge on any atom is 0 e. The van der Waals surface area contributed by atoms with Crippen LogP contribution in [0.3, 0.4) is 0 Å². The van der Waals surface area contributed by atoms with Crippen LogP contribution in [0.5, 0.6) is 0 Å². The predicted molar refractivity (Wildman–Crippen MR) is 14.4 cm³/mol. The summed E-state index contributed by atoms with van der Waals surface area (Å²) in [5, 5.41) is 6.89. The van der Waals surface area contributed by atoms with Gasteiger partial charge in [0, 0.05) is 27.3 Å². The van der Waals surface area contributed by atoms with Crippen LogP contribution in [0.4, 0.5) is 0 Å². The Balaban J connectivity index is 0. The van der Waals surface area contributed by atoms with Gasteiger partial charge in [0.15, 0.2) is 0 Å². The molecular formula is HBO2Tl. The fraction of sp³-hybridized carbons (Fsp3) is 0. The Morgan fingerprint density at radius 1 is 1.75 bits per heavy atom. The summed E-state index contributed by atoms with van der Waals surface area (Å²) < 4.78 is 8.36. The predicted octanol–water partition coefficient (Wildman–Crippen LogP) is -1.44. The van der Waals surface area contributed by atoms with Crippen LogP contribution in [0.1, 0.15) is 0 Å². The smallest absolute Gasteiger partial charge is 0 e. The molecule has 4 heteroatoms. The van der Waals surface area contributed by atoms with E-state index >= 15 is 0 Å². The van der Waals surface area contributed by atoms with Crippen LogP contribution < -0.4 is 0 Å². The van der Waals surface area contributed by atoms with E-state index in [1.807, 2.05) is 0 Å². The maximum Gasteiger partial charge on any atom is 0 e. The van der Waals surface area contributed by atoms with Crippen LogP contribution in [-0.4, -0.2) is 39.7 Å². The minimum atomic E-state index is -0.250. The summed E-state index contributed by atoms with van der Waals surface area (Å²) >= 11 is 0. The second-order valence-electron chi connectivity index (χ2n) is 0.105. The van der Waals surface area contributed by atoms with Gasteiger partial charge in [0.1, 0.15) is 0 Å². The Bertz CT molecular complexity index is 13.5. The molecular weight excluding hydrogens is 247 g/mol. The van der Waals surface area contributed by atoms with E-state index in [9.17, 15) is 0 Å². The second-order valence-corrected chi connectivity index (χ2v) is 0.105. The van der Waals surface area contributed by atoms with Crippen molar-refractivity contribution in [2.45, 2.75) is 0 Å². The Morgan fingerprint density at radius 3 is 1.75 bits per heavy atom. The second kappa shape index (κ2) is 9.53.